The molecule has 39 heavy (non-hydrogen) atoms. The molecule has 1 aliphatic heterocycles. The normalized spacial score (nSPS) is 20.9. The van der Waals surface area contributed by atoms with E-state index in [9.17, 15) is 18.0 Å². The lowest BCUT2D eigenvalue weighted by atomic mass is 9.78. The standard InChI is InChI=1S/C29H33F3N4O2S/c30-29(31,32)38-24-9-5-6-21(18-24)12-13-27(37)33-19-22-7-1-2-8-23(22)20-35-14-16-36(17-15-35)28-25-10-3-4-11-26(25)39-34-28/h3-6,9-13,18,22-23H,1-2,7-8,14-17,19-20H2,(H,33,37)/t22-,23-/m1/s1. The van der Waals surface area contributed by atoms with Crippen molar-refractivity contribution in [2.45, 2.75) is 32.0 Å². The molecule has 1 aliphatic carbocycles. The molecule has 2 aromatic carbocycles. The van der Waals surface area contributed by atoms with Gasteiger partial charge < -0.3 is 15.0 Å². The van der Waals surface area contributed by atoms with Gasteiger partial charge in [-0.05, 0) is 72.1 Å². The highest BCUT2D eigenvalue weighted by Gasteiger charge is 2.31. The van der Waals surface area contributed by atoms with Crippen LogP contribution in [-0.2, 0) is 4.79 Å². The van der Waals surface area contributed by atoms with E-state index in [4.69, 9.17) is 4.37 Å². The Bertz CT molecular complexity index is 1290. The molecule has 0 spiro atoms. The number of fused-ring (bicyclic) bond motifs is 1. The molecule has 2 heterocycles. The van der Waals surface area contributed by atoms with Crippen LogP contribution in [0.2, 0.25) is 0 Å². The number of aromatic nitrogens is 1. The highest BCUT2D eigenvalue weighted by atomic mass is 32.1. The number of benzene rings is 2. The van der Waals surface area contributed by atoms with Crippen LogP contribution in [0.3, 0.4) is 0 Å². The largest absolute Gasteiger partial charge is 0.573 e. The lowest BCUT2D eigenvalue weighted by molar-refractivity contribution is -0.274. The molecular weight excluding hydrogens is 525 g/mol. The van der Waals surface area contributed by atoms with Gasteiger partial charge in [-0.2, -0.15) is 4.37 Å². The summed E-state index contributed by atoms with van der Waals surface area (Å²) in [6.45, 7) is 5.57. The van der Waals surface area contributed by atoms with E-state index in [1.807, 2.05) is 0 Å². The minimum absolute atomic E-state index is 0.245. The molecular formula is C29H33F3N4O2S. The van der Waals surface area contributed by atoms with Crippen molar-refractivity contribution in [2.24, 2.45) is 11.8 Å². The lowest BCUT2D eigenvalue weighted by Gasteiger charge is -2.40. The van der Waals surface area contributed by atoms with E-state index in [1.165, 1.54) is 59.7 Å². The number of carbonyl (C=O) groups excluding carboxylic acids is 1. The number of anilines is 1. The summed E-state index contributed by atoms with van der Waals surface area (Å²) in [6, 6.07) is 14.0. The van der Waals surface area contributed by atoms with Gasteiger partial charge in [0.2, 0.25) is 5.91 Å². The number of carbonyl (C=O) groups is 1. The topological polar surface area (TPSA) is 57.7 Å². The predicted octanol–water partition coefficient (Wildman–Crippen LogP) is 5.95. The van der Waals surface area contributed by atoms with E-state index in [1.54, 1.807) is 17.6 Å². The van der Waals surface area contributed by atoms with Crippen LogP contribution in [0.5, 0.6) is 5.75 Å². The van der Waals surface area contributed by atoms with Crippen molar-refractivity contribution in [3.8, 4) is 5.75 Å². The van der Waals surface area contributed by atoms with Gasteiger partial charge in [-0.15, -0.1) is 13.2 Å². The molecule has 5 rings (SSSR count). The molecule has 0 radical (unpaired) electrons. The average molecular weight is 559 g/mol. The first-order valence-corrected chi connectivity index (χ1v) is 14.2. The number of hydrogen-bond acceptors (Lipinski definition) is 6. The maximum Gasteiger partial charge on any atom is 0.573 e. The molecule has 2 fully saturated rings. The number of nitrogens with one attached hydrogen (secondary N) is 1. The van der Waals surface area contributed by atoms with Crippen LogP contribution >= 0.6 is 11.5 Å². The molecule has 3 aromatic rings. The average Bonchev–Trinajstić information content (AvgIpc) is 3.35. The smallest absolute Gasteiger partial charge is 0.406 e. The van der Waals surface area contributed by atoms with E-state index < -0.39 is 6.36 Å². The van der Waals surface area contributed by atoms with E-state index in [2.05, 4.69) is 44.1 Å². The molecule has 6 nitrogen and oxygen atoms in total. The second kappa shape index (κ2) is 12.4. The number of halogens is 3. The van der Waals surface area contributed by atoms with Gasteiger partial charge in [0.25, 0.3) is 0 Å². The first-order chi connectivity index (χ1) is 18.8. The zero-order valence-electron chi connectivity index (χ0n) is 21.7. The number of amides is 1. The van der Waals surface area contributed by atoms with Gasteiger partial charge in [-0.1, -0.05) is 37.1 Å². The van der Waals surface area contributed by atoms with Gasteiger partial charge in [0, 0.05) is 50.7 Å². The van der Waals surface area contributed by atoms with Crippen LogP contribution in [-0.4, -0.2) is 60.8 Å². The fraction of sp³-hybridized carbons (Fsp3) is 0.448. The minimum Gasteiger partial charge on any atom is -0.406 e. The predicted molar refractivity (Wildman–Crippen MR) is 149 cm³/mol. The van der Waals surface area contributed by atoms with Crippen molar-refractivity contribution in [2.75, 3.05) is 44.2 Å². The number of piperazine rings is 1. The number of hydrogen-bond donors (Lipinski definition) is 1. The van der Waals surface area contributed by atoms with E-state index in [0.29, 0.717) is 23.9 Å². The third-order valence-corrected chi connectivity index (χ3v) is 8.46. The lowest BCUT2D eigenvalue weighted by Crippen LogP contribution is -2.49. The molecule has 1 amide bonds. The second-order valence-electron chi connectivity index (χ2n) is 10.3. The summed E-state index contributed by atoms with van der Waals surface area (Å²) in [5, 5.41) is 4.25. The monoisotopic (exact) mass is 558 g/mol. The van der Waals surface area contributed by atoms with Crippen LogP contribution in [0.1, 0.15) is 31.2 Å². The van der Waals surface area contributed by atoms with Gasteiger partial charge in [0.1, 0.15) is 11.6 Å². The highest BCUT2D eigenvalue weighted by molar-refractivity contribution is 7.13. The molecule has 0 bridgehead atoms. The Balaban J connectivity index is 1.10. The van der Waals surface area contributed by atoms with E-state index >= 15 is 0 Å². The van der Waals surface area contributed by atoms with Crippen molar-refractivity contribution < 1.29 is 22.7 Å². The van der Waals surface area contributed by atoms with Crippen molar-refractivity contribution >= 4 is 39.4 Å². The zero-order valence-corrected chi connectivity index (χ0v) is 22.5. The van der Waals surface area contributed by atoms with E-state index in [0.717, 1.165) is 45.0 Å². The fourth-order valence-electron chi connectivity index (χ4n) is 5.65. The summed E-state index contributed by atoms with van der Waals surface area (Å²) in [6.07, 6.45) is 2.77. The van der Waals surface area contributed by atoms with Gasteiger partial charge in [-0.3, -0.25) is 9.69 Å². The molecule has 208 valence electrons. The third-order valence-electron chi connectivity index (χ3n) is 7.65. The summed E-state index contributed by atoms with van der Waals surface area (Å²) >= 11 is 1.56. The van der Waals surface area contributed by atoms with Crippen LogP contribution in [0.4, 0.5) is 19.0 Å². The van der Waals surface area contributed by atoms with Crippen LogP contribution in [0.25, 0.3) is 16.2 Å². The number of ether oxygens (including phenoxy) is 1. The Morgan fingerprint density at radius 1 is 1.05 bits per heavy atom. The summed E-state index contributed by atoms with van der Waals surface area (Å²) in [4.78, 5) is 17.4. The summed E-state index contributed by atoms with van der Waals surface area (Å²) in [5.41, 5.74) is 0.465. The van der Waals surface area contributed by atoms with Crippen molar-refractivity contribution in [3.63, 3.8) is 0 Å². The van der Waals surface area contributed by atoms with Crippen LogP contribution in [0, 0.1) is 11.8 Å². The quantitative estimate of drug-likeness (QED) is 0.346. The molecule has 10 heteroatoms. The number of alkyl halides is 3. The minimum atomic E-state index is -4.75. The van der Waals surface area contributed by atoms with Gasteiger partial charge in [0.05, 0.1) is 4.70 Å². The maximum atomic E-state index is 12.5. The second-order valence-corrected chi connectivity index (χ2v) is 11.1. The number of nitrogens with zero attached hydrogens (tertiary/aromatic N) is 3. The third kappa shape index (κ3) is 7.51. The van der Waals surface area contributed by atoms with Crippen LogP contribution in [0.15, 0.2) is 54.6 Å². The highest BCUT2D eigenvalue weighted by Crippen LogP contribution is 2.32. The van der Waals surface area contributed by atoms with E-state index in [-0.39, 0.29) is 11.7 Å². The first kappa shape index (κ1) is 27.5. The molecule has 1 saturated heterocycles. The Morgan fingerprint density at radius 3 is 2.62 bits per heavy atom. The number of rotatable bonds is 8. The molecule has 0 unspecified atom stereocenters. The first-order valence-electron chi connectivity index (χ1n) is 13.5. The van der Waals surface area contributed by atoms with Gasteiger partial charge in [0.15, 0.2) is 0 Å². The summed E-state index contributed by atoms with van der Waals surface area (Å²) in [7, 11) is 0. The van der Waals surface area contributed by atoms with Crippen molar-refractivity contribution in [1.29, 1.82) is 0 Å². The van der Waals surface area contributed by atoms with Gasteiger partial charge in [-0.25, -0.2) is 0 Å². The molecule has 1 aromatic heterocycles. The van der Waals surface area contributed by atoms with Crippen molar-refractivity contribution in [3.05, 3.63) is 60.2 Å². The maximum absolute atomic E-state index is 12.5. The van der Waals surface area contributed by atoms with Crippen LogP contribution < -0.4 is 15.0 Å². The summed E-state index contributed by atoms with van der Waals surface area (Å²) < 4.78 is 47.3. The summed E-state index contributed by atoms with van der Waals surface area (Å²) in [5.74, 6) is 1.49. The molecule has 2 aliphatic rings. The zero-order chi connectivity index (χ0) is 27.2. The Labute approximate surface area is 230 Å². The molecule has 1 N–H and O–H groups in total. The molecule has 1 saturated carbocycles. The Kier molecular flexibility index (Phi) is 8.72. The fourth-order valence-corrected chi connectivity index (χ4v) is 6.44. The molecule has 2 atom stereocenters. The SMILES string of the molecule is O=C(C=Cc1cccc(OC(F)(F)F)c1)NC[C@H]1CCCC[C@@H]1CN1CCN(c2nsc3ccccc23)CC1. The Morgan fingerprint density at radius 2 is 1.82 bits per heavy atom. The van der Waals surface area contributed by atoms with Gasteiger partial charge >= 0.3 is 6.36 Å². The Hall–Kier alpha value is -3.11. The van der Waals surface area contributed by atoms with Crippen molar-refractivity contribution in [1.82, 2.24) is 14.6 Å².